The number of amides is 1. The minimum Gasteiger partial charge on any atom is -0.481 e. The van der Waals surface area contributed by atoms with Crippen molar-refractivity contribution < 1.29 is 14.7 Å². The van der Waals surface area contributed by atoms with Crippen LogP contribution < -0.4 is 0 Å². The number of rotatable bonds is 5. The predicted molar refractivity (Wildman–Crippen MR) is 102 cm³/mol. The molecule has 1 aromatic carbocycles. The van der Waals surface area contributed by atoms with Gasteiger partial charge in [0.1, 0.15) is 0 Å². The summed E-state index contributed by atoms with van der Waals surface area (Å²) in [5.41, 5.74) is 4.29. The third-order valence-electron chi connectivity index (χ3n) is 5.18. The van der Waals surface area contributed by atoms with Gasteiger partial charge in [-0.15, -0.1) is 0 Å². The van der Waals surface area contributed by atoms with Gasteiger partial charge in [-0.1, -0.05) is 0 Å². The third-order valence-corrected chi connectivity index (χ3v) is 5.18. The summed E-state index contributed by atoms with van der Waals surface area (Å²) in [5, 5.41) is 13.5. The molecule has 1 fully saturated rings. The number of carbonyl (C=O) groups excluding carboxylic acids is 1. The molecule has 1 aliphatic heterocycles. The van der Waals surface area contributed by atoms with E-state index in [1.807, 2.05) is 47.7 Å². The first-order valence-electron chi connectivity index (χ1n) is 9.22. The van der Waals surface area contributed by atoms with Crippen molar-refractivity contribution in [3.8, 4) is 5.69 Å². The summed E-state index contributed by atoms with van der Waals surface area (Å²) in [6.07, 6.45) is 0.554. The van der Waals surface area contributed by atoms with Crippen LogP contribution >= 0.6 is 0 Å². The van der Waals surface area contributed by atoms with E-state index in [1.165, 1.54) is 0 Å². The van der Waals surface area contributed by atoms with E-state index < -0.39 is 5.97 Å². The van der Waals surface area contributed by atoms with Gasteiger partial charge >= 0.3 is 5.97 Å². The number of hydrogen-bond donors (Lipinski definition) is 1. The molecule has 7 heteroatoms. The van der Waals surface area contributed by atoms with Crippen LogP contribution in [0.3, 0.4) is 0 Å². The molecule has 0 saturated carbocycles. The first-order chi connectivity index (χ1) is 12.9. The first-order valence-corrected chi connectivity index (χ1v) is 9.22. The number of benzene rings is 1. The van der Waals surface area contributed by atoms with Crippen molar-refractivity contribution in [1.82, 2.24) is 19.6 Å². The van der Waals surface area contributed by atoms with Gasteiger partial charge in [0.05, 0.1) is 11.4 Å². The van der Waals surface area contributed by atoms with Crippen molar-refractivity contribution in [1.29, 1.82) is 0 Å². The van der Waals surface area contributed by atoms with Crippen LogP contribution in [0.2, 0.25) is 0 Å². The van der Waals surface area contributed by atoms with Gasteiger partial charge in [-0.05, 0) is 57.1 Å². The lowest BCUT2D eigenvalue weighted by atomic mass is 10.1. The van der Waals surface area contributed by atoms with Gasteiger partial charge in [0.25, 0.3) is 5.91 Å². The Labute approximate surface area is 159 Å². The van der Waals surface area contributed by atoms with Crippen LogP contribution in [0.15, 0.2) is 24.3 Å². The van der Waals surface area contributed by atoms with E-state index in [2.05, 4.69) is 17.0 Å². The van der Waals surface area contributed by atoms with Gasteiger partial charge in [0.2, 0.25) is 0 Å². The van der Waals surface area contributed by atoms with Crippen LogP contribution in [0.1, 0.15) is 33.7 Å². The molecule has 0 unspecified atom stereocenters. The maximum Gasteiger partial charge on any atom is 0.303 e. The highest BCUT2D eigenvalue weighted by Crippen LogP contribution is 2.20. The number of carboxylic acid groups (broad SMARTS) is 1. The fourth-order valence-corrected chi connectivity index (χ4v) is 3.46. The Kier molecular flexibility index (Phi) is 5.60. The summed E-state index contributed by atoms with van der Waals surface area (Å²) >= 11 is 0. The zero-order valence-electron chi connectivity index (χ0n) is 16.1. The minimum absolute atomic E-state index is 0.0603. The maximum atomic E-state index is 12.7. The quantitative estimate of drug-likeness (QED) is 0.870. The minimum atomic E-state index is -0.812. The van der Waals surface area contributed by atoms with Crippen LogP contribution in [0.4, 0.5) is 0 Å². The topological polar surface area (TPSA) is 78.7 Å². The van der Waals surface area contributed by atoms with Crippen LogP contribution in [0, 0.1) is 13.8 Å². The SMILES string of the molecule is Cc1nn(-c2ccc(C(=O)N3CCN(C)CC3)cc2)c(C)c1CCC(=O)O. The van der Waals surface area contributed by atoms with Gasteiger partial charge in [0.15, 0.2) is 0 Å². The number of likely N-dealkylation sites (N-methyl/N-ethyl adjacent to an activating group) is 1. The fraction of sp³-hybridized carbons (Fsp3) is 0.450. The second-order valence-electron chi connectivity index (χ2n) is 7.10. The molecule has 0 atom stereocenters. The van der Waals surface area contributed by atoms with E-state index in [0.29, 0.717) is 12.0 Å². The lowest BCUT2D eigenvalue weighted by Gasteiger charge is -2.32. The highest BCUT2D eigenvalue weighted by atomic mass is 16.4. The zero-order valence-corrected chi connectivity index (χ0v) is 16.1. The van der Waals surface area contributed by atoms with Crippen LogP contribution in [0.25, 0.3) is 5.69 Å². The molecule has 0 aliphatic carbocycles. The highest BCUT2D eigenvalue weighted by Gasteiger charge is 2.20. The summed E-state index contributed by atoms with van der Waals surface area (Å²) < 4.78 is 1.82. The normalized spacial score (nSPS) is 15.1. The lowest BCUT2D eigenvalue weighted by Crippen LogP contribution is -2.47. The smallest absolute Gasteiger partial charge is 0.303 e. The number of hydrogen-bond acceptors (Lipinski definition) is 4. The van der Waals surface area contributed by atoms with Crippen molar-refractivity contribution in [2.24, 2.45) is 0 Å². The van der Waals surface area contributed by atoms with E-state index in [1.54, 1.807) is 0 Å². The summed E-state index contributed by atoms with van der Waals surface area (Å²) in [7, 11) is 2.07. The van der Waals surface area contributed by atoms with Crippen molar-refractivity contribution in [2.75, 3.05) is 33.2 Å². The molecule has 1 aromatic heterocycles. The summed E-state index contributed by atoms with van der Waals surface area (Å²) in [6, 6.07) is 7.46. The van der Waals surface area contributed by atoms with Crippen LogP contribution in [-0.4, -0.2) is 69.8 Å². The van der Waals surface area contributed by atoms with E-state index >= 15 is 0 Å². The molecule has 1 N–H and O–H groups in total. The molecule has 1 aliphatic rings. The Morgan fingerprint density at radius 3 is 2.30 bits per heavy atom. The second kappa shape index (κ2) is 7.92. The summed E-state index contributed by atoms with van der Waals surface area (Å²) in [4.78, 5) is 27.6. The number of aliphatic carboxylic acids is 1. The summed E-state index contributed by atoms with van der Waals surface area (Å²) in [6.45, 7) is 7.14. The van der Waals surface area contributed by atoms with Crippen LogP contribution in [-0.2, 0) is 11.2 Å². The summed E-state index contributed by atoms with van der Waals surface area (Å²) in [5.74, 6) is -0.751. The predicted octanol–water partition coefficient (Wildman–Crippen LogP) is 1.89. The Balaban J connectivity index is 1.76. The van der Waals surface area contributed by atoms with E-state index in [0.717, 1.165) is 48.8 Å². The molecule has 27 heavy (non-hydrogen) atoms. The molecule has 2 heterocycles. The third kappa shape index (κ3) is 4.19. The van der Waals surface area contributed by atoms with Crippen molar-refractivity contribution in [3.63, 3.8) is 0 Å². The Morgan fingerprint density at radius 1 is 1.07 bits per heavy atom. The lowest BCUT2D eigenvalue weighted by molar-refractivity contribution is -0.136. The first kappa shape index (κ1) is 19.1. The van der Waals surface area contributed by atoms with Gasteiger partial charge in [-0.2, -0.15) is 5.10 Å². The fourth-order valence-electron chi connectivity index (χ4n) is 3.46. The molecule has 1 amide bonds. The average molecular weight is 370 g/mol. The van der Waals surface area contributed by atoms with Gasteiger partial charge < -0.3 is 14.9 Å². The monoisotopic (exact) mass is 370 g/mol. The molecular weight excluding hydrogens is 344 g/mol. The maximum absolute atomic E-state index is 12.7. The number of carboxylic acids is 1. The second-order valence-corrected chi connectivity index (χ2v) is 7.10. The van der Waals surface area contributed by atoms with E-state index in [-0.39, 0.29) is 12.3 Å². The molecule has 0 radical (unpaired) electrons. The molecule has 2 aromatic rings. The molecule has 144 valence electrons. The van der Waals surface area contributed by atoms with Crippen LogP contribution in [0.5, 0.6) is 0 Å². The van der Waals surface area contributed by atoms with Crippen molar-refractivity contribution >= 4 is 11.9 Å². The molecule has 0 spiro atoms. The molecule has 3 rings (SSSR count). The number of nitrogens with zero attached hydrogens (tertiary/aromatic N) is 4. The Hall–Kier alpha value is -2.67. The highest BCUT2D eigenvalue weighted by molar-refractivity contribution is 5.94. The molecule has 7 nitrogen and oxygen atoms in total. The number of aromatic nitrogens is 2. The zero-order chi connectivity index (χ0) is 19.6. The Bertz CT molecular complexity index is 834. The molecule has 1 saturated heterocycles. The van der Waals surface area contributed by atoms with Crippen molar-refractivity contribution in [3.05, 3.63) is 46.8 Å². The number of piperazine rings is 1. The van der Waals surface area contributed by atoms with E-state index in [9.17, 15) is 9.59 Å². The standard InChI is InChI=1S/C20H26N4O3/c1-14-18(8-9-19(25)26)15(2)24(21-14)17-6-4-16(5-7-17)20(27)23-12-10-22(3)11-13-23/h4-7H,8-13H2,1-3H3,(H,25,26). The number of aryl methyl sites for hydroxylation is 1. The Morgan fingerprint density at radius 2 is 1.70 bits per heavy atom. The number of carbonyl (C=O) groups is 2. The van der Waals surface area contributed by atoms with Crippen molar-refractivity contribution in [2.45, 2.75) is 26.7 Å². The molecular formula is C20H26N4O3. The van der Waals surface area contributed by atoms with Gasteiger partial charge in [-0.25, -0.2) is 4.68 Å². The molecule has 0 bridgehead atoms. The average Bonchev–Trinajstić information content (AvgIpc) is 2.94. The van der Waals surface area contributed by atoms with Gasteiger partial charge in [-0.3, -0.25) is 9.59 Å². The van der Waals surface area contributed by atoms with E-state index in [4.69, 9.17) is 5.11 Å². The van der Waals surface area contributed by atoms with Gasteiger partial charge in [0, 0.05) is 43.9 Å². The largest absolute Gasteiger partial charge is 0.481 e.